The van der Waals surface area contributed by atoms with Gasteiger partial charge in [-0.15, -0.1) is 0 Å². The summed E-state index contributed by atoms with van der Waals surface area (Å²) >= 11 is 7.33. The van der Waals surface area contributed by atoms with Gasteiger partial charge in [0.2, 0.25) is 0 Å². The molecule has 0 aliphatic carbocycles. The van der Waals surface area contributed by atoms with E-state index in [0.29, 0.717) is 28.1 Å². The van der Waals surface area contributed by atoms with E-state index < -0.39 is 34.7 Å². The maximum atomic E-state index is 13.9. The molecule has 0 spiro atoms. The fourth-order valence-corrected chi connectivity index (χ4v) is 4.80. The second-order valence-electron chi connectivity index (χ2n) is 7.06. The average molecular weight is 514 g/mol. The summed E-state index contributed by atoms with van der Waals surface area (Å²) in [7, 11) is 2.84. The number of ether oxygens (including phenoxy) is 2. The van der Waals surface area contributed by atoms with Crippen molar-refractivity contribution in [1.29, 1.82) is 5.26 Å². The van der Waals surface area contributed by atoms with Crippen molar-refractivity contribution in [1.82, 2.24) is 4.90 Å². The molecule has 0 radical (unpaired) electrons. The van der Waals surface area contributed by atoms with Crippen LogP contribution in [0.3, 0.4) is 0 Å². The Hall–Kier alpha value is -2.78. The molecule has 0 unspecified atom stereocenters. The maximum absolute atomic E-state index is 13.9. The number of hydrogen-bond acceptors (Lipinski definition) is 7. The number of imide groups is 1. The summed E-state index contributed by atoms with van der Waals surface area (Å²) in [5.74, 6) is -2.46. The molecular weight excluding hydrogens is 495 g/mol. The topological polar surface area (TPSA) is 82.9 Å². The van der Waals surface area contributed by atoms with Crippen LogP contribution in [0.25, 0.3) is 0 Å². The van der Waals surface area contributed by atoms with E-state index in [1.165, 1.54) is 38.1 Å². The number of benzene rings is 1. The second-order valence-corrected chi connectivity index (χ2v) is 8.56. The Bertz CT molecular complexity index is 1140. The number of halogens is 4. The third-order valence-electron chi connectivity index (χ3n) is 4.97. The predicted octanol–water partition coefficient (Wildman–Crippen LogP) is 4.06. The summed E-state index contributed by atoms with van der Waals surface area (Å²) in [4.78, 5) is 28.6. The molecule has 1 aromatic carbocycles. The van der Waals surface area contributed by atoms with Gasteiger partial charge < -0.3 is 14.4 Å². The van der Waals surface area contributed by atoms with Crippen LogP contribution >= 0.6 is 23.4 Å². The van der Waals surface area contributed by atoms with Gasteiger partial charge in [-0.1, -0.05) is 23.4 Å². The highest BCUT2D eigenvalue weighted by Gasteiger charge is 2.48. The Balaban J connectivity index is 2.12. The van der Waals surface area contributed by atoms with Crippen LogP contribution in [-0.4, -0.2) is 63.4 Å². The van der Waals surface area contributed by atoms with E-state index in [1.807, 2.05) is 4.90 Å². The number of nitrogens with zero attached hydrogens (tertiary/aromatic N) is 3. The standard InChI is InChI=1S/C22H19ClF3N3O4S/c1-32-9-7-28-16-5-3-13(23)11-17(16)34-18(28)6-4-14-19(22(24,25)26)15(12-27)21(31)29(20(14)30)8-10-33-2/h3-6,11H,7-10H2,1-2H3/b14-4-,18-6-. The van der Waals surface area contributed by atoms with Crippen LogP contribution in [0.2, 0.25) is 5.02 Å². The minimum Gasteiger partial charge on any atom is -0.383 e. The van der Waals surface area contributed by atoms with E-state index in [4.69, 9.17) is 21.1 Å². The zero-order valence-electron chi connectivity index (χ0n) is 18.1. The van der Waals surface area contributed by atoms with Gasteiger partial charge in [-0.25, -0.2) is 0 Å². The SMILES string of the molecule is COCCN1C(=O)C(C#N)=C(C(F)(F)F)/C(=C/C=C2\Sc3cc(Cl)ccc3N2CCOC)C1=O. The number of anilines is 1. The fourth-order valence-electron chi connectivity index (χ4n) is 3.43. The molecule has 3 rings (SSSR count). The lowest BCUT2D eigenvalue weighted by atomic mass is 9.93. The predicted molar refractivity (Wildman–Crippen MR) is 120 cm³/mol. The van der Waals surface area contributed by atoms with Gasteiger partial charge in [-0.05, 0) is 30.4 Å². The van der Waals surface area contributed by atoms with Gasteiger partial charge in [-0.3, -0.25) is 14.5 Å². The lowest BCUT2D eigenvalue weighted by molar-refractivity contribution is -0.144. The molecule has 2 aliphatic heterocycles. The fraction of sp³-hybridized carbons (Fsp3) is 0.318. The highest BCUT2D eigenvalue weighted by molar-refractivity contribution is 8.03. The molecule has 180 valence electrons. The minimum atomic E-state index is -5.09. The molecule has 0 aromatic heterocycles. The number of thioether (sulfide) groups is 1. The number of nitriles is 1. The summed E-state index contributed by atoms with van der Waals surface area (Å²) in [5.41, 5.74) is -2.71. The van der Waals surface area contributed by atoms with Crippen molar-refractivity contribution in [3.8, 4) is 6.07 Å². The van der Waals surface area contributed by atoms with E-state index >= 15 is 0 Å². The highest BCUT2D eigenvalue weighted by Crippen LogP contribution is 2.47. The molecule has 0 atom stereocenters. The average Bonchev–Trinajstić information content (AvgIpc) is 3.12. The van der Waals surface area contributed by atoms with Gasteiger partial charge in [0, 0.05) is 30.7 Å². The molecule has 7 nitrogen and oxygen atoms in total. The number of allylic oxidation sites excluding steroid dienone is 2. The summed E-state index contributed by atoms with van der Waals surface area (Å²) in [6, 6.07) is 6.51. The highest BCUT2D eigenvalue weighted by atomic mass is 35.5. The third-order valence-corrected chi connectivity index (χ3v) is 6.32. The van der Waals surface area contributed by atoms with Gasteiger partial charge in [0.15, 0.2) is 0 Å². The van der Waals surface area contributed by atoms with Crippen molar-refractivity contribution < 1.29 is 32.2 Å². The largest absolute Gasteiger partial charge is 0.418 e. The van der Waals surface area contributed by atoms with E-state index in [0.717, 1.165) is 16.7 Å². The molecule has 2 amide bonds. The van der Waals surface area contributed by atoms with Crippen LogP contribution in [0.1, 0.15) is 0 Å². The van der Waals surface area contributed by atoms with Gasteiger partial charge in [0.1, 0.15) is 11.6 Å². The molecule has 0 saturated heterocycles. The number of hydrogen-bond donors (Lipinski definition) is 0. The number of carbonyl (C=O) groups excluding carboxylic acids is 2. The zero-order valence-corrected chi connectivity index (χ0v) is 19.7. The lowest BCUT2D eigenvalue weighted by Crippen LogP contribution is -2.46. The Morgan fingerprint density at radius 2 is 1.74 bits per heavy atom. The van der Waals surface area contributed by atoms with Crippen molar-refractivity contribution >= 4 is 40.9 Å². The molecule has 2 heterocycles. The van der Waals surface area contributed by atoms with Gasteiger partial charge in [-0.2, -0.15) is 18.4 Å². The summed E-state index contributed by atoms with van der Waals surface area (Å²) < 4.78 is 51.7. The number of amides is 2. The van der Waals surface area contributed by atoms with Gasteiger partial charge >= 0.3 is 6.18 Å². The summed E-state index contributed by atoms with van der Waals surface area (Å²) in [6.45, 7) is 0.339. The molecule has 2 aliphatic rings. The number of carbonyl (C=O) groups is 2. The van der Waals surface area contributed by atoms with Crippen LogP contribution in [0.5, 0.6) is 0 Å². The number of alkyl halides is 3. The van der Waals surface area contributed by atoms with Crippen LogP contribution in [0.15, 0.2) is 57.0 Å². The Labute approximate surface area is 203 Å². The zero-order chi connectivity index (χ0) is 25.0. The van der Waals surface area contributed by atoms with E-state index in [9.17, 15) is 28.0 Å². The van der Waals surface area contributed by atoms with Crippen LogP contribution in [0.4, 0.5) is 18.9 Å². The molecule has 1 aromatic rings. The van der Waals surface area contributed by atoms with Crippen molar-refractivity contribution in [3.05, 3.63) is 57.1 Å². The number of fused-ring (bicyclic) bond motifs is 1. The summed E-state index contributed by atoms with van der Waals surface area (Å²) in [5, 5.41) is 10.3. The first-order valence-electron chi connectivity index (χ1n) is 9.87. The van der Waals surface area contributed by atoms with Crippen LogP contribution < -0.4 is 4.90 Å². The molecule has 0 saturated carbocycles. The molecule has 0 N–H and O–H groups in total. The van der Waals surface area contributed by atoms with Crippen molar-refractivity contribution in [2.24, 2.45) is 0 Å². The first-order chi connectivity index (χ1) is 16.1. The quantitative estimate of drug-likeness (QED) is 0.401. The third kappa shape index (κ3) is 5.15. The van der Waals surface area contributed by atoms with E-state index in [-0.39, 0.29) is 13.2 Å². The van der Waals surface area contributed by atoms with Crippen molar-refractivity contribution in [2.75, 3.05) is 45.4 Å². The second kappa shape index (κ2) is 10.7. The van der Waals surface area contributed by atoms with Gasteiger partial charge in [0.05, 0.1) is 41.6 Å². The van der Waals surface area contributed by atoms with Crippen LogP contribution in [-0.2, 0) is 19.1 Å². The van der Waals surface area contributed by atoms with Crippen molar-refractivity contribution in [3.63, 3.8) is 0 Å². The normalized spacial score (nSPS) is 18.9. The number of rotatable bonds is 7. The minimum absolute atomic E-state index is 0.0946. The van der Waals surface area contributed by atoms with Gasteiger partial charge in [0.25, 0.3) is 11.8 Å². The molecule has 0 fully saturated rings. The van der Waals surface area contributed by atoms with E-state index in [1.54, 1.807) is 18.2 Å². The first kappa shape index (κ1) is 25.8. The Morgan fingerprint density at radius 3 is 2.32 bits per heavy atom. The first-order valence-corrected chi connectivity index (χ1v) is 11.1. The Morgan fingerprint density at radius 1 is 1.09 bits per heavy atom. The maximum Gasteiger partial charge on any atom is 0.418 e. The molecule has 12 heteroatoms. The number of methoxy groups -OCH3 is 2. The molecule has 34 heavy (non-hydrogen) atoms. The smallest absolute Gasteiger partial charge is 0.383 e. The monoisotopic (exact) mass is 513 g/mol. The summed E-state index contributed by atoms with van der Waals surface area (Å²) in [6.07, 6.45) is -2.75. The molecular formula is C22H19ClF3N3O4S. The molecule has 0 bridgehead atoms. The lowest BCUT2D eigenvalue weighted by Gasteiger charge is -2.29. The van der Waals surface area contributed by atoms with Crippen molar-refractivity contribution in [2.45, 2.75) is 11.1 Å². The van der Waals surface area contributed by atoms with E-state index in [2.05, 4.69) is 0 Å². The van der Waals surface area contributed by atoms with Crippen LogP contribution in [0, 0.1) is 11.3 Å². The Kier molecular flexibility index (Phi) is 8.09.